The number of carbonyl (C=O) groups excluding carboxylic acids is 2. The Balaban J connectivity index is 1.55. The van der Waals surface area contributed by atoms with Crippen LogP contribution in [-0.2, 0) is 16.0 Å². The first-order chi connectivity index (χ1) is 13.6. The molecule has 0 bridgehead atoms. The maximum atomic E-state index is 12.5. The van der Waals surface area contributed by atoms with Crippen LogP contribution < -0.4 is 20.1 Å². The summed E-state index contributed by atoms with van der Waals surface area (Å²) in [6, 6.07) is 4.92. The van der Waals surface area contributed by atoms with Crippen LogP contribution in [-0.4, -0.2) is 50.3 Å². The van der Waals surface area contributed by atoms with Gasteiger partial charge in [0.25, 0.3) is 5.91 Å². The Morgan fingerprint density at radius 1 is 1.25 bits per heavy atom. The van der Waals surface area contributed by atoms with E-state index in [9.17, 15) is 9.59 Å². The van der Waals surface area contributed by atoms with Crippen molar-refractivity contribution in [2.24, 2.45) is 0 Å². The number of hydrogen-bond acceptors (Lipinski definition) is 7. The van der Waals surface area contributed by atoms with Crippen molar-refractivity contribution in [3.8, 4) is 11.5 Å². The molecule has 1 aromatic carbocycles. The number of methoxy groups -OCH3 is 2. The maximum absolute atomic E-state index is 12.5. The Labute approximate surface area is 167 Å². The van der Waals surface area contributed by atoms with Gasteiger partial charge < -0.3 is 19.5 Å². The second-order valence-electron chi connectivity index (χ2n) is 6.32. The fraction of sp³-hybridized carbons (Fsp3) is 0.421. The molecule has 1 atom stereocenters. The summed E-state index contributed by atoms with van der Waals surface area (Å²) < 4.78 is 15.8. The highest BCUT2D eigenvalue weighted by Gasteiger charge is 2.17. The van der Waals surface area contributed by atoms with E-state index in [0.717, 1.165) is 19.4 Å². The smallest absolute Gasteiger partial charge is 0.257 e. The van der Waals surface area contributed by atoms with Gasteiger partial charge in [-0.25, -0.2) is 4.98 Å². The van der Waals surface area contributed by atoms with Crippen LogP contribution in [0.2, 0.25) is 0 Å². The van der Waals surface area contributed by atoms with Crippen LogP contribution in [0.1, 0.15) is 28.9 Å². The van der Waals surface area contributed by atoms with Gasteiger partial charge >= 0.3 is 0 Å². The monoisotopic (exact) mass is 405 g/mol. The minimum Gasteiger partial charge on any atom is -0.497 e. The Bertz CT molecular complexity index is 810. The van der Waals surface area contributed by atoms with E-state index in [1.165, 1.54) is 25.6 Å². The van der Waals surface area contributed by atoms with E-state index in [2.05, 4.69) is 15.6 Å². The third kappa shape index (κ3) is 5.43. The predicted octanol–water partition coefficient (Wildman–Crippen LogP) is 2.25. The Hall–Kier alpha value is -2.65. The number of anilines is 1. The van der Waals surface area contributed by atoms with Crippen LogP contribution in [0.4, 0.5) is 5.13 Å². The summed E-state index contributed by atoms with van der Waals surface area (Å²) in [4.78, 5) is 28.8. The van der Waals surface area contributed by atoms with Crippen molar-refractivity contribution in [1.82, 2.24) is 10.3 Å². The third-order valence-corrected chi connectivity index (χ3v) is 5.08. The average molecular weight is 405 g/mol. The predicted molar refractivity (Wildman–Crippen MR) is 105 cm³/mol. The lowest BCUT2D eigenvalue weighted by atomic mass is 10.2. The molecule has 1 saturated heterocycles. The number of carbonyl (C=O) groups is 2. The number of aromatic nitrogens is 1. The van der Waals surface area contributed by atoms with Crippen molar-refractivity contribution in [2.75, 3.05) is 32.7 Å². The van der Waals surface area contributed by atoms with E-state index in [4.69, 9.17) is 14.2 Å². The summed E-state index contributed by atoms with van der Waals surface area (Å²) in [6.07, 6.45) is 2.28. The minimum absolute atomic E-state index is 0.106. The van der Waals surface area contributed by atoms with Crippen LogP contribution in [0.15, 0.2) is 23.6 Å². The standard InChI is InChI=1S/C19H23N3O5S/c1-25-15-6-12(7-16(9-15)26-2)18(24)22-19-21-13(11-28-19)8-17(23)20-10-14-4-3-5-27-14/h6-7,9,11,14H,3-5,8,10H2,1-2H3,(H,20,23)(H,21,22,24)/t14-/m1/s1. The molecule has 1 aliphatic rings. The molecule has 28 heavy (non-hydrogen) atoms. The number of benzene rings is 1. The molecule has 9 heteroatoms. The summed E-state index contributed by atoms with van der Waals surface area (Å²) in [5.41, 5.74) is 0.996. The zero-order valence-electron chi connectivity index (χ0n) is 15.8. The first-order valence-corrected chi connectivity index (χ1v) is 9.82. The lowest BCUT2D eigenvalue weighted by Crippen LogP contribution is -2.32. The summed E-state index contributed by atoms with van der Waals surface area (Å²) in [5, 5.41) is 7.78. The molecule has 2 heterocycles. The highest BCUT2D eigenvalue weighted by Crippen LogP contribution is 2.24. The van der Waals surface area contributed by atoms with E-state index in [-0.39, 0.29) is 24.3 Å². The number of rotatable bonds is 8. The number of nitrogens with zero attached hydrogens (tertiary/aromatic N) is 1. The number of ether oxygens (including phenoxy) is 3. The molecule has 0 radical (unpaired) electrons. The molecule has 3 rings (SSSR count). The van der Waals surface area contributed by atoms with Crippen molar-refractivity contribution in [3.63, 3.8) is 0 Å². The molecule has 150 valence electrons. The molecule has 0 unspecified atom stereocenters. The van der Waals surface area contributed by atoms with E-state index in [0.29, 0.717) is 34.4 Å². The normalized spacial score (nSPS) is 15.9. The molecule has 0 spiro atoms. The van der Waals surface area contributed by atoms with Gasteiger partial charge in [-0.3, -0.25) is 14.9 Å². The molecular formula is C19H23N3O5S. The van der Waals surface area contributed by atoms with E-state index in [1.807, 2.05) is 0 Å². The SMILES string of the molecule is COc1cc(OC)cc(C(=O)Nc2nc(CC(=O)NC[C@H]3CCCO3)cs2)c1. The number of hydrogen-bond donors (Lipinski definition) is 2. The molecule has 8 nitrogen and oxygen atoms in total. The van der Waals surface area contributed by atoms with E-state index in [1.54, 1.807) is 23.6 Å². The topological polar surface area (TPSA) is 98.8 Å². The average Bonchev–Trinajstić information content (AvgIpc) is 3.38. The number of thiazole rings is 1. The molecule has 0 saturated carbocycles. The van der Waals surface area contributed by atoms with Crippen molar-refractivity contribution in [2.45, 2.75) is 25.4 Å². The first-order valence-electron chi connectivity index (χ1n) is 8.94. The lowest BCUT2D eigenvalue weighted by molar-refractivity contribution is -0.121. The Morgan fingerprint density at radius 3 is 2.64 bits per heavy atom. The van der Waals surface area contributed by atoms with Gasteiger partial charge in [-0.1, -0.05) is 0 Å². The van der Waals surface area contributed by atoms with Crippen molar-refractivity contribution < 1.29 is 23.8 Å². The maximum Gasteiger partial charge on any atom is 0.257 e. The van der Waals surface area contributed by atoms with Gasteiger partial charge in [-0.05, 0) is 25.0 Å². The molecule has 2 N–H and O–H groups in total. The highest BCUT2D eigenvalue weighted by atomic mass is 32.1. The number of amides is 2. The van der Waals surface area contributed by atoms with Gasteiger partial charge in [-0.2, -0.15) is 0 Å². The molecular weight excluding hydrogens is 382 g/mol. The zero-order valence-corrected chi connectivity index (χ0v) is 16.6. The van der Waals surface area contributed by atoms with Gasteiger partial charge in [-0.15, -0.1) is 11.3 Å². The van der Waals surface area contributed by atoms with Crippen LogP contribution in [0.3, 0.4) is 0 Å². The summed E-state index contributed by atoms with van der Waals surface area (Å²) in [6.45, 7) is 1.28. The highest BCUT2D eigenvalue weighted by molar-refractivity contribution is 7.14. The van der Waals surface area contributed by atoms with Gasteiger partial charge in [0.05, 0.1) is 32.4 Å². The summed E-state index contributed by atoms with van der Waals surface area (Å²) >= 11 is 1.27. The minimum atomic E-state index is -0.332. The molecule has 1 aliphatic heterocycles. The fourth-order valence-electron chi connectivity index (χ4n) is 2.81. The Kier molecular flexibility index (Phi) is 6.83. The number of nitrogens with one attached hydrogen (secondary N) is 2. The lowest BCUT2D eigenvalue weighted by Gasteiger charge is -2.10. The second-order valence-corrected chi connectivity index (χ2v) is 7.17. The molecule has 1 fully saturated rings. The summed E-state index contributed by atoms with van der Waals surface area (Å²) in [7, 11) is 3.04. The molecule has 2 aromatic rings. The van der Waals surface area contributed by atoms with Crippen LogP contribution in [0.25, 0.3) is 0 Å². The zero-order chi connectivity index (χ0) is 19.9. The molecule has 0 aliphatic carbocycles. The first kappa shape index (κ1) is 20.1. The van der Waals surface area contributed by atoms with Crippen molar-refractivity contribution >= 4 is 28.3 Å². The van der Waals surface area contributed by atoms with Crippen LogP contribution in [0, 0.1) is 0 Å². The van der Waals surface area contributed by atoms with Gasteiger partial charge in [0.1, 0.15) is 11.5 Å². The van der Waals surface area contributed by atoms with Crippen molar-refractivity contribution in [3.05, 3.63) is 34.8 Å². The van der Waals surface area contributed by atoms with Gasteiger partial charge in [0.15, 0.2) is 5.13 Å². The Morgan fingerprint density at radius 2 is 2.00 bits per heavy atom. The van der Waals surface area contributed by atoms with Crippen LogP contribution in [0.5, 0.6) is 11.5 Å². The quantitative estimate of drug-likeness (QED) is 0.699. The van der Waals surface area contributed by atoms with E-state index >= 15 is 0 Å². The van der Waals surface area contributed by atoms with Gasteiger partial charge in [0, 0.05) is 30.2 Å². The van der Waals surface area contributed by atoms with Crippen LogP contribution >= 0.6 is 11.3 Å². The van der Waals surface area contributed by atoms with Gasteiger partial charge in [0.2, 0.25) is 5.91 Å². The fourth-order valence-corrected chi connectivity index (χ4v) is 3.52. The largest absolute Gasteiger partial charge is 0.497 e. The molecule has 1 aromatic heterocycles. The molecule has 2 amide bonds. The van der Waals surface area contributed by atoms with Crippen molar-refractivity contribution in [1.29, 1.82) is 0 Å². The van der Waals surface area contributed by atoms with E-state index < -0.39 is 0 Å². The summed E-state index contributed by atoms with van der Waals surface area (Å²) in [5.74, 6) is 0.594. The third-order valence-electron chi connectivity index (χ3n) is 4.28. The second kappa shape index (κ2) is 9.52.